The zero-order valence-corrected chi connectivity index (χ0v) is 11.5. The van der Waals surface area contributed by atoms with Gasteiger partial charge in [-0.1, -0.05) is 18.2 Å². The third kappa shape index (κ3) is 2.24. The van der Waals surface area contributed by atoms with E-state index in [4.69, 9.17) is 0 Å². The molecular weight excluding hydrogens is 258 g/mol. The van der Waals surface area contributed by atoms with Crippen molar-refractivity contribution in [2.24, 2.45) is 0 Å². The van der Waals surface area contributed by atoms with Crippen LogP contribution in [-0.4, -0.2) is 15.3 Å². The van der Waals surface area contributed by atoms with E-state index >= 15 is 0 Å². The maximum Gasteiger partial charge on any atom is 0.275 e. The molecule has 3 aromatic rings. The van der Waals surface area contributed by atoms with Crippen molar-refractivity contribution in [3.8, 4) is 0 Å². The fourth-order valence-corrected chi connectivity index (χ4v) is 2.73. The summed E-state index contributed by atoms with van der Waals surface area (Å²) in [6.07, 6.45) is 3.73. The first-order valence-corrected chi connectivity index (χ1v) is 6.77. The molecule has 0 aliphatic carbocycles. The Labute approximate surface area is 114 Å². The van der Waals surface area contributed by atoms with Gasteiger partial charge in [-0.05, 0) is 25.5 Å². The Hall–Kier alpha value is -2.14. The Morgan fingerprint density at radius 3 is 2.79 bits per heavy atom. The second-order valence-corrected chi connectivity index (χ2v) is 5.64. The highest BCUT2D eigenvalue weighted by Crippen LogP contribution is 2.18. The number of hydrogen-bond donors (Lipinski definition) is 1. The van der Waals surface area contributed by atoms with Crippen LogP contribution in [0.5, 0.6) is 0 Å². The molecule has 1 N–H and O–H groups in total. The average molecular weight is 271 g/mol. The van der Waals surface area contributed by atoms with E-state index in [1.165, 1.54) is 4.88 Å². The van der Waals surface area contributed by atoms with E-state index in [0.29, 0.717) is 5.69 Å². The molecule has 0 unspecified atom stereocenters. The molecule has 0 aliphatic heterocycles. The van der Waals surface area contributed by atoms with Crippen LogP contribution in [0.1, 0.15) is 20.9 Å². The molecule has 1 amide bonds. The normalized spacial score (nSPS) is 10.8. The number of carbonyl (C=O) groups excluding carboxylic acids is 1. The number of carbonyl (C=O) groups is 1. The highest BCUT2D eigenvalue weighted by molar-refractivity contribution is 7.17. The van der Waals surface area contributed by atoms with Gasteiger partial charge in [0.15, 0.2) is 4.96 Å². The van der Waals surface area contributed by atoms with E-state index in [2.05, 4.69) is 10.3 Å². The van der Waals surface area contributed by atoms with Crippen LogP contribution in [0.25, 0.3) is 4.96 Å². The molecule has 4 nitrogen and oxygen atoms in total. The lowest BCUT2D eigenvalue weighted by Gasteiger charge is -2.05. The van der Waals surface area contributed by atoms with Gasteiger partial charge in [0.05, 0.1) is 0 Å². The van der Waals surface area contributed by atoms with Gasteiger partial charge in [0, 0.05) is 23.0 Å². The van der Waals surface area contributed by atoms with Crippen LogP contribution >= 0.6 is 11.3 Å². The van der Waals surface area contributed by atoms with Crippen molar-refractivity contribution >= 4 is 27.9 Å². The number of hydrogen-bond acceptors (Lipinski definition) is 3. The monoisotopic (exact) mass is 271 g/mol. The van der Waals surface area contributed by atoms with E-state index < -0.39 is 0 Å². The molecule has 0 saturated heterocycles. The van der Waals surface area contributed by atoms with E-state index in [9.17, 15) is 4.79 Å². The zero-order valence-electron chi connectivity index (χ0n) is 10.7. The molecular formula is C14H13N3OS. The molecule has 5 heteroatoms. The molecule has 0 bridgehead atoms. The molecule has 2 heterocycles. The van der Waals surface area contributed by atoms with Gasteiger partial charge in [0.25, 0.3) is 5.91 Å². The summed E-state index contributed by atoms with van der Waals surface area (Å²) in [5.41, 5.74) is 2.29. The number of benzene rings is 1. The first-order valence-electron chi connectivity index (χ1n) is 5.95. The van der Waals surface area contributed by atoms with Gasteiger partial charge in [-0.2, -0.15) is 0 Å². The minimum Gasteiger partial charge on any atom is -0.320 e. The standard InChI is InChI=1S/C14H13N3OS/c1-9-5-3-4-6-11(9)15-13(18)12-8-17-7-10(2)19-14(17)16-12/h3-8H,1-2H3,(H,15,18). The zero-order chi connectivity index (χ0) is 13.4. The van der Waals surface area contributed by atoms with Gasteiger partial charge in [0.2, 0.25) is 0 Å². The molecule has 3 rings (SSSR count). The van der Waals surface area contributed by atoms with E-state index in [-0.39, 0.29) is 5.91 Å². The predicted molar refractivity (Wildman–Crippen MR) is 76.9 cm³/mol. The third-order valence-electron chi connectivity index (χ3n) is 2.90. The van der Waals surface area contributed by atoms with Crippen molar-refractivity contribution < 1.29 is 4.79 Å². The Morgan fingerprint density at radius 1 is 1.26 bits per heavy atom. The van der Waals surface area contributed by atoms with Crippen LogP contribution in [0.4, 0.5) is 5.69 Å². The Kier molecular flexibility index (Phi) is 2.83. The molecule has 0 spiro atoms. The summed E-state index contributed by atoms with van der Waals surface area (Å²) in [6.45, 7) is 3.98. The van der Waals surface area contributed by atoms with E-state index in [0.717, 1.165) is 16.2 Å². The lowest BCUT2D eigenvalue weighted by molar-refractivity contribution is 0.102. The summed E-state index contributed by atoms with van der Waals surface area (Å²) >= 11 is 1.57. The number of fused-ring (bicyclic) bond motifs is 1. The molecule has 0 radical (unpaired) electrons. The molecule has 0 aliphatic rings. The van der Waals surface area contributed by atoms with Crippen molar-refractivity contribution in [3.63, 3.8) is 0 Å². The third-order valence-corrected chi connectivity index (χ3v) is 3.81. The number of nitrogens with zero attached hydrogens (tertiary/aromatic N) is 2. The summed E-state index contributed by atoms with van der Waals surface area (Å²) in [5, 5.41) is 2.88. The first-order chi connectivity index (χ1) is 9.13. The largest absolute Gasteiger partial charge is 0.320 e. The molecule has 0 atom stereocenters. The number of anilines is 1. The average Bonchev–Trinajstić information content (AvgIpc) is 2.89. The quantitative estimate of drug-likeness (QED) is 0.777. The smallest absolute Gasteiger partial charge is 0.275 e. The lowest BCUT2D eigenvalue weighted by Crippen LogP contribution is -2.13. The summed E-state index contributed by atoms with van der Waals surface area (Å²) in [5.74, 6) is -0.178. The number of imidazole rings is 1. The van der Waals surface area contributed by atoms with Gasteiger partial charge >= 0.3 is 0 Å². The highest BCUT2D eigenvalue weighted by Gasteiger charge is 2.13. The Morgan fingerprint density at radius 2 is 2.05 bits per heavy atom. The van der Waals surface area contributed by atoms with Gasteiger partial charge in [-0.15, -0.1) is 11.3 Å². The van der Waals surface area contributed by atoms with Crippen LogP contribution < -0.4 is 5.32 Å². The molecule has 19 heavy (non-hydrogen) atoms. The summed E-state index contributed by atoms with van der Waals surface area (Å²) < 4.78 is 1.88. The van der Waals surface area contributed by atoms with Crippen molar-refractivity contribution in [2.75, 3.05) is 5.32 Å². The van der Waals surface area contributed by atoms with Crippen molar-refractivity contribution in [3.05, 3.63) is 52.8 Å². The number of para-hydroxylation sites is 1. The number of nitrogens with one attached hydrogen (secondary N) is 1. The van der Waals surface area contributed by atoms with Crippen molar-refractivity contribution in [2.45, 2.75) is 13.8 Å². The van der Waals surface area contributed by atoms with Gasteiger partial charge in [-0.25, -0.2) is 4.98 Å². The number of amides is 1. The fourth-order valence-electron chi connectivity index (χ4n) is 1.92. The van der Waals surface area contributed by atoms with Crippen LogP contribution in [-0.2, 0) is 0 Å². The molecule has 96 valence electrons. The molecule has 1 aromatic carbocycles. The molecule has 0 saturated carbocycles. The predicted octanol–water partition coefficient (Wildman–Crippen LogP) is 3.26. The Balaban J connectivity index is 1.87. The van der Waals surface area contributed by atoms with Gasteiger partial charge in [-0.3, -0.25) is 9.20 Å². The fraction of sp³-hybridized carbons (Fsp3) is 0.143. The summed E-state index contributed by atoms with van der Waals surface area (Å²) in [6, 6.07) is 7.69. The lowest BCUT2D eigenvalue weighted by atomic mass is 10.2. The maximum atomic E-state index is 12.1. The maximum absolute atomic E-state index is 12.1. The molecule has 2 aromatic heterocycles. The number of aromatic nitrogens is 2. The Bertz CT molecular complexity index is 725. The van der Waals surface area contributed by atoms with Crippen molar-refractivity contribution in [1.82, 2.24) is 9.38 Å². The molecule has 0 fully saturated rings. The van der Waals surface area contributed by atoms with E-state index in [1.54, 1.807) is 17.5 Å². The van der Waals surface area contributed by atoms with Crippen molar-refractivity contribution in [1.29, 1.82) is 0 Å². The van der Waals surface area contributed by atoms with E-state index in [1.807, 2.05) is 48.7 Å². The number of rotatable bonds is 2. The van der Waals surface area contributed by atoms with Crippen LogP contribution in [0.2, 0.25) is 0 Å². The minimum atomic E-state index is -0.178. The number of thiazole rings is 1. The second-order valence-electron chi connectivity index (χ2n) is 4.43. The number of aryl methyl sites for hydroxylation is 2. The second kappa shape index (κ2) is 4.51. The summed E-state index contributed by atoms with van der Waals surface area (Å²) in [7, 11) is 0. The topological polar surface area (TPSA) is 46.4 Å². The SMILES string of the molecule is Cc1cn2cc(C(=O)Nc3ccccc3C)nc2s1. The minimum absolute atomic E-state index is 0.178. The highest BCUT2D eigenvalue weighted by atomic mass is 32.1. The van der Waals surface area contributed by atoms with Crippen LogP contribution in [0, 0.1) is 13.8 Å². The first kappa shape index (κ1) is 11.9. The summed E-state index contributed by atoms with van der Waals surface area (Å²) in [4.78, 5) is 18.5. The van der Waals surface area contributed by atoms with Crippen LogP contribution in [0.15, 0.2) is 36.7 Å². The van der Waals surface area contributed by atoms with Gasteiger partial charge in [0.1, 0.15) is 5.69 Å². The van der Waals surface area contributed by atoms with Crippen LogP contribution in [0.3, 0.4) is 0 Å². The van der Waals surface area contributed by atoms with Gasteiger partial charge < -0.3 is 5.32 Å².